The van der Waals surface area contributed by atoms with E-state index in [0.29, 0.717) is 0 Å². The first kappa shape index (κ1) is 8.49. The number of anilines is 1. The summed E-state index contributed by atoms with van der Waals surface area (Å²) in [5, 5.41) is 9.18. The maximum absolute atomic E-state index is 4.33. The van der Waals surface area contributed by atoms with Gasteiger partial charge in [0.25, 0.3) is 0 Å². The number of nitrogens with one attached hydrogen (secondary N) is 2. The van der Waals surface area contributed by atoms with Gasteiger partial charge in [0.1, 0.15) is 0 Å². The van der Waals surface area contributed by atoms with Gasteiger partial charge in [-0.15, -0.1) is 11.3 Å². The standard InChI is InChI=1S/C7H13N3S/c1-8-4-3-6-5-11-7(9-2)10-6/h5,8H,3-4H2,1-2H3,(H,9,10). The summed E-state index contributed by atoms with van der Waals surface area (Å²) in [5.41, 5.74) is 1.16. The average Bonchev–Trinajstić information content (AvgIpc) is 2.48. The maximum Gasteiger partial charge on any atom is 0.182 e. The fourth-order valence-corrected chi connectivity index (χ4v) is 1.50. The maximum atomic E-state index is 4.33. The summed E-state index contributed by atoms with van der Waals surface area (Å²) in [5.74, 6) is 0. The third kappa shape index (κ3) is 2.48. The lowest BCUT2D eigenvalue weighted by Crippen LogP contribution is -2.10. The summed E-state index contributed by atoms with van der Waals surface area (Å²) in [6.45, 7) is 0.993. The molecule has 4 heteroatoms. The van der Waals surface area contributed by atoms with Crippen LogP contribution in [0.25, 0.3) is 0 Å². The Kier molecular flexibility index (Phi) is 3.32. The van der Waals surface area contributed by atoms with E-state index in [1.807, 2.05) is 14.1 Å². The third-order valence-corrected chi connectivity index (χ3v) is 2.31. The van der Waals surface area contributed by atoms with Gasteiger partial charge in [-0.25, -0.2) is 4.98 Å². The van der Waals surface area contributed by atoms with Crippen molar-refractivity contribution in [3.05, 3.63) is 11.1 Å². The Morgan fingerprint density at radius 3 is 2.91 bits per heavy atom. The molecule has 62 valence electrons. The summed E-state index contributed by atoms with van der Waals surface area (Å²) >= 11 is 1.65. The molecule has 0 saturated heterocycles. The van der Waals surface area contributed by atoms with Crippen molar-refractivity contribution in [2.75, 3.05) is 26.0 Å². The van der Waals surface area contributed by atoms with Gasteiger partial charge in [0.2, 0.25) is 0 Å². The molecule has 0 spiro atoms. The molecule has 1 aromatic heterocycles. The minimum Gasteiger partial charge on any atom is -0.365 e. The lowest BCUT2D eigenvalue weighted by atomic mass is 10.3. The van der Waals surface area contributed by atoms with Crippen LogP contribution in [0.2, 0.25) is 0 Å². The van der Waals surface area contributed by atoms with Crippen molar-refractivity contribution in [1.82, 2.24) is 10.3 Å². The van der Waals surface area contributed by atoms with E-state index < -0.39 is 0 Å². The van der Waals surface area contributed by atoms with Crippen LogP contribution in [0.4, 0.5) is 5.13 Å². The monoisotopic (exact) mass is 171 g/mol. The average molecular weight is 171 g/mol. The SMILES string of the molecule is CNCCc1csc(NC)n1. The molecule has 0 aliphatic carbocycles. The van der Waals surface area contributed by atoms with Crippen molar-refractivity contribution in [1.29, 1.82) is 0 Å². The predicted octanol–water partition coefficient (Wildman–Crippen LogP) is 0.947. The fourth-order valence-electron chi connectivity index (χ4n) is 0.790. The van der Waals surface area contributed by atoms with Gasteiger partial charge in [-0.1, -0.05) is 0 Å². The summed E-state index contributed by atoms with van der Waals surface area (Å²) in [7, 11) is 3.84. The Bertz CT molecular complexity index is 209. The van der Waals surface area contributed by atoms with E-state index in [2.05, 4.69) is 21.0 Å². The summed E-state index contributed by atoms with van der Waals surface area (Å²) in [4.78, 5) is 4.33. The second kappa shape index (κ2) is 4.31. The Balaban J connectivity index is 2.44. The lowest BCUT2D eigenvalue weighted by molar-refractivity contribution is 0.780. The molecule has 0 amide bonds. The van der Waals surface area contributed by atoms with Gasteiger partial charge in [0.05, 0.1) is 5.69 Å². The zero-order chi connectivity index (χ0) is 8.10. The number of rotatable bonds is 4. The molecule has 0 unspecified atom stereocenters. The van der Waals surface area contributed by atoms with E-state index >= 15 is 0 Å². The molecule has 11 heavy (non-hydrogen) atoms. The van der Waals surface area contributed by atoms with Crippen molar-refractivity contribution in [3.8, 4) is 0 Å². The van der Waals surface area contributed by atoms with Crippen molar-refractivity contribution in [3.63, 3.8) is 0 Å². The first-order valence-corrected chi connectivity index (χ1v) is 4.51. The number of likely N-dealkylation sites (N-methyl/N-ethyl adjacent to an activating group) is 1. The van der Waals surface area contributed by atoms with Crippen LogP contribution in [0.5, 0.6) is 0 Å². The smallest absolute Gasteiger partial charge is 0.182 e. The van der Waals surface area contributed by atoms with Crippen LogP contribution >= 0.6 is 11.3 Å². The quantitative estimate of drug-likeness (QED) is 0.708. The van der Waals surface area contributed by atoms with Crippen molar-refractivity contribution < 1.29 is 0 Å². The van der Waals surface area contributed by atoms with Crippen LogP contribution in [0.15, 0.2) is 5.38 Å². The topological polar surface area (TPSA) is 37.0 Å². The number of hydrogen-bond acceptors (Lipinski definition) is 4. The van der Waals surface area contributed by atoms with Gasteiger partial charge in [-0.3, -0.25) is 0 Å². The minimum atomic E-state index is 0.993. The third-order valence-electron chi connectivity index (χ3n) is 1.40. The molecule has 0 saturated carbocycles. The molecular weight excluding hydrogens is 158 g/mol. The van der Waals surface area contributed by atoms with Gasteiger partial charge in [0, 0.05) is 25.4 Å². The Morgan fingerprint density at radius 2 is 2.36 bits per heavy atom. The molecule has 0 aromatic carbocycles. The summed E-state index contributed by atoms with van der Waals surface area (Å²) < 4.78 is 0. The van der Waals surface area contributed by atoms with E-state index in [1.54, 1.807) is 11.3 Å². The molecule has 0 atom stereocenters. The first-order chi connectivity index (χ1) is 5.36. The van der Waals surface area contributed by atoms with Crippen molar-refractivity contribution >= 4 is 16.5 Å². The van der Waals surface area contributed by atoms with Crippen LogP contribution in [0, 0.1) is 0 Å². The summed E-state index contributed by atoms with van der Waals surface area (Å²) in [6, 6.07) is 0. The molecule has 0 aliphatic heterocycles. The normalized spacial score (nSPS) is 10.0. The zero-order valence-electron chi connectivity index (χ0n) is 6.85. The van der Waals surface area contributed by atoms with E-state index in [4.69, 9.17) is 0 Å². The molecule has 2 N–H and O–H groups in total. The predicted molar refractivity (Wildman–Crippen MR) is 49.3 cm³/mol. The molecule has 1 rings (SSSR count). The van der Waals surface area contributed by atoms with Gasteiger partial charge < -0.3 is 10.6 Å². The van der Waals surface area contributed by atoms with E-state index in [1.165, 1.54) is 0 Å². The molecular formula is C7H13N3S. The highest BCUT2D eigenvalue weighted by Crippen LogP contribution is 2.14. The highest BCUT2D eigenvalue weighted by Gasteiger charge is 1.97. The van der Waals surface area contributed by atoms with Crippen LogP contribution in [0.1, 0.15) is 5.69 Å². The van der Waals surface area contributed by atoms with Crippen LogP contribution < -0.4 is 10.6 Å². The second-order valence-corrected chi connectivity index (χ2v) is 3.11. The summed E-state index contributed by atoms with van der Waals surface area (Å²) in [6.07, 6.45) is 1.01. The molecule has 1 heterocycles. The van der Waals surface area contributed by atoms with Crippen LogP contribution in [-0.4, -0.2) is 25.6 Å². The zero-order valence-corrected chi connectivity index (χ0v) is 7.66. The number of nitrogens with zero attached hydrogens (tertiary/aromatic N) is 1. The van der Waals surface area contributed by atoms with Crippen molar-refractivity contribution in [2.24, 2.45) is 0 Å². The highest BCUT2D eigenvalue weighted by atomic mass is 32.1. The lowest BCUT2D eigenvalue weighted by Gasteiger charge is -1.93. The van der Waals surface area contributed by atoms with Crippen LogP contribution in [-0.2, 0) is 6.42 Å². The largest absolute Gasteiger partial charge is 0.365 e. The van der Waals surface area contributed by atoms with Crippen LogP contribution in [0.3, 0.4) is 0 Å². The van der Waals surface area contributed by atoms with E-state index in [-0.39, 0.29) is 0 Å². The molecule has 3 nitrogen and oxygen atoms in total. The fraction of sp³-hybridized carbons (Fsp3) is 0.571. The number of hydrogen-bond donors (Lipinski definition) is 2. The number of aromatic nitrogens is 1. The Morgan fingerprint density at radius 1 is 1.55 bits per heavy atom. The Hall–Kier alpha value is -0.610. The van der Waals surface area contributed by atoms with Gasteiger partial charge >= 0.3 is 0 Å². The molecule has 0 fully saturated rings. The molecule has 1 aromatic rings. The van der Waals surface area contributed by atoms with Gasteiger partial charge in [-0.05, 0) is 7.05 Å². The van der Waals surface area contributed by atoms with E-state index in [0.717, 1.165) is 23.8 Å². The highest BCUT2D eigenvalue weighted by molar-refractivity contribution is 7.13. The van der Waals surface area contributed by atoms with Crippen molar-refractivity contribution in [2.45, 2.75) is 6.42 Å². The van der Waals surface area contributed by atoms with Gasteiger partial charge in [-0.2, -0.15) is 0 Å². The second-order valence-electron chi connectivity index (χ2n) is 2.25. The molecule has 0 radical (unpaired) electrons. The van der Waals surface area contributed by atoms with Gasteiger partial charge in [0.15, 0.2) is 5.13 Å². The van der Waals surface area contributed by atoms with E-state index in [9.17, 15) is 0 Å². The first-order valence-electron chi connectivity index (χ1n) is 3.63. The Labute approximate surface area is 70.9 Å². The minimum absolute atomic E-state index is 0.993. The molecule has 0 bridgehead atoms. The molecule has 0 aliphatic rings. The number of thiazole rings is 1.